The number of aromatic carboxylic acids is 1. The number of hydrogen-bond acceptors (Lipinski definition) is 27. The van der Waals surface area contributed by atoms with Crippen molar-refractivity contribution in [2.24, 2.45) is 52.0 Å². The molecule has 36 heteroatoms. The average Bonchev–Trinajstić information content (AvgIpc) is 0.776. The summed E-state index contributed by atoms with van der Waals surface area (Å²) in [5.74, 6) is -7.79. The number of carboxylic acid groups (broad SMARTS) is 1. The number of likely N-dealkylation sites (N-methyl/N-ethyl adjacent to an activating group) is 1. The molecule has 770 valence electrons. The summed E-state index contributed by atoms with van der Waals surface area (Å²) in [6.45, 7) is 9.67. The number of nitrogens with one attached hydrogen (secondary N) is 1. The molecule has 34 nitrogen and oxygen atoms in total. The van der Waals surface area contributed by atoms with Crippen molar-refractivity contribution in [2.45, 2.75) is 220 Å². The molecule has 4 bridgehead atoms. The van der Waals surface area contributed by atoms with Gasteiger partial charge in [0.25, 0.3) is 17.7 Å². The number of aryl methyl sites for hydroxylation is 4. The number of fused-ring (bicyclic) bond motifs is 5. The number of nitriles is 1. The molecule has 0 unspecified atom stereocenters. The third-order valence-corrected chi connectivity index (χ3v) is 23.1. The average molecular weight is 2090 g/mol. The third-order valence-electron chi connectivity index (χ3n) is 22.0. The molecule has 4 atom stereocenters. The topological polar surface area (TPSA) is 578 Å². The van der Waals surface area contributed by atoms with E-state index >= 15 is 0 Å². The van der Waals surface area contributed by atoms with Crippen LogP contribution in [0.3, 0.4) is 0 Å². The van der Waals surface area contributed by atoms with E-state index in [9.17, 15) is 77.8 Å². The van der Waals surface area contributed by atoms with Crippen molar-refractivity contribution in [3.8, 4) is 57.4 Å². The van der Waals surface area contributed by atoms with E-state index in [0.29, 0.717) is 49.5 Å². The first-order valence-corrected chi connectivity index (χ1v) is 49.3. The lowest BCUT2D eigenvalue weighted by molar-refractivity contribution is -0.142. The Kier molecular flexibility index (Phi) is 60.0. The highest BCUT2D eigenvalue weighted by molar-refractivity contribution is 9.10. The maximum absolute atomic E-state index is 14.6. The molecule has 0 aromatic heterocycles. The van der Waals surface area contributed by atoms with Crippen molar-refractivity contribution in [1.29, 1.82) is 5.26 Å². The van der Waals surface area contributed by atoms with Gasteiger partial charge in [0.15, 0.2) is 37.2 Å². The molecule has 0 aliphatic carbocycles. The van der Waals surface area contributed by atoms with Crippen molar-refractivity contribution < 1.29 is 116 Å². The van der Waals surface area contributed by atoms with Gasteiger partial charge in [0.2, 0.25) is 17.7 Å². The van der Waals surface area contributed by atoms with Crippen molar-refractivity contribution in [3.63, 3.8) is 0 Å². The van der Waals surface area contributed by atoms with E-state index in [1.807, 2.05) is 18.2 Å². The molecule has 141 heavy (non-hydrogen) atoms. The van der Waals surface area contributed by atoms with Gasteiger partial charge in [-0.05, 0) is 189 Å². The number of nitrogens with zero attached hydrogens (tertiary/aromatic N) is 2. The van der Waals surface area contributed by atoms with Gasteiger partial charge in [0, 0.05) is 73.3 Å². The van der Waals surface area contributed by atoms with Gasteiger partial charge in [0.1, 0.15) is 81.8 Å². The number of carbonyl (C=O) groups excluding carboxylic acids is 12. The number of ether oxygens (including phenoxy) is 8. The van der Waals surface area contributed by atoms with Gasteiger partial charge < -0.3 is 104 Å². The fourth-order valence-electron chi connectivity index (χ4n) is 14.7. The van der Waals surface area contributed by atoms with Crippen LogP contribution in [0.4, 0.5) is 0 Å². The number of methoxy groups -OCH3 is 3. The molecule has 7 aromatic rings. The van der Waals surface area contributed by atoms with Crippen LogP contribution in [0.15, 0.2) is 132 Å². The predicted octanol–water partition coefficient (Wildman–Crippen LogP) is 14.7. The highest BCUT2D eigenvalue weighted by atomic mass is 79.9. The number of phenolic OH excluding ortho intramolecular Hbond substituents is 2. The molecule has 1 aliphatic heterocycles. The second-order valence-electron chi connectivity index (χ2n) is 33.4. The van der Waals surface area contributed by atoms with Crippen LogP contribution in [-0.4, -0.2) is 189 Å². The second-order valence-corrected chi connectivity index (χ2v) is 34.9. The number of carboxylic acids is 1. The first-order chi connectivity index (χ1) is 67.4. The molecule has 1 heterocycles. The highest BCUT2D eigenvalue weighted by Gasteiger charge is 2.37. The fraction of sp³-hybridized carbons (Fsp3) is 0.467. The summed E-state index contributed by atoms with van der Waals surface area (Å²) in [5.41, 5.74) is 44.5. The number of amides is 6. The first kappa shape index (κ1) is 122. The zero-order valence-electron chi connectivity index (χ0n) is 82.5. The Balaban J connectivity index is 0.000000513. The zero-order chi connectivity index (χ0) is 105. The van der Waals surface area contributed by atoms with Crippen molar-refractivity contribution in [1.82, 2.24) is 10.2 Å². The van der Waals surface area contributed by atoms with E-state index in [0.717, 1.165) is 67.2 Å². The SMILES string of the molecule is CCCCCCCCc1ccc(C(=O)O)c(OCC(N)=O)c1.CCCCCCCCc1ccc(C(=O)OC)c(O)c1.CCCCCCCCc1ccc(C(=O)OC)c(OCC(N)=O)c1.COC(=O)c1ccc(Br)cc1O.Cc1ccc(C(=O)C[C@@H](CCN)C(=O)N(C)[C@@H]2C(=O)C[C@@H](C)C(=O)N[C@H](C(=O)CCC#N)Cc3ccc(OCCN)c(c3)-c3cc2ccc3OCCN)c(OCC(N)=O)c1.NC(=O)CBr. The monoisotopic (exact) mass is 2080 g/mol. The summed E-state index contributed by atoms with van der Waals surface area (Å²) < 4.78 is 42.7. The molecular weight excluding hydrogens is 1950 g/mol. The van der Waals surface area contributed by atoms with Gasteiger partial charge in [-0.25, -0.2) is 19.2 Å². The van der Waals surface area contributed by atoms with Crippen LogP contribution < -0.4 is 69.1 Å². The lowest BCUT2D eigenvalue weighted by atomic mass is 9.88. The molecule has 18 N–H and O–H groups in total. The summed E-state index contributed by atoms with van der Waals surface area (Å²) >= 11 is 5.99. The number of nitrogens with two attached hydrogens (primary N) is 7. The van der Waals surface area contributed by atoms with Crippen LogP contribution in [0.25, 0.3) is 11.1 Å². The number of hydrogen-bond donors (Lipinski definition) is 11. The number of phenols is 2. The maximum atomic E-state index is 14.6. The smallest absolute Gasteiger partial charge is 0.341 e. The lowest BCUT2D eigenvalue weighted by Gasteiger charge is -2.32. The summed E-state index contributed by atoms with van der Waals surface area (Å²) in [6.07, 6.45) is 24.2. The van der Waals surface area contributed by atoms with Crippen molar-refractivity contribution in [3.05, 3.63) is 193 Å². The summed E-state index contributed by atoms with van der Waals surface area (Å²) in [4.78, 5) is 159. The number of primary amides is 4. The Morgan fingerprint density at radius 3 is 1.38 bits per heavy atom. The number of alkyl halides is 1. The minimum Gasteiger partial charge on any atom is -0.507 e. The summed E-state index contributed by atoms with van der Waals surface area (Å²) in [7, 11) is 5.35. The predicted molar refractivity (Wildman–Crippen MR) is 544 cm³/mol. The molecule has 7 aromatic carbocycles. The summed E-state index contributed by atoms with van der Waals surface area (Å²) in [6, 6.07) is 35.0. The number of esters is 3. The number of carbonyl (C=O) groups is 13. The Hall–Kier alpha value is -12.8. The normalized spacial score (nSPS) is 13.0. The van der Waals surface area contributed by atoms with E-state index in [1.165, 1.54) is 141 Å². The van der Waals surface area contributed by atoms with Crippen LogP contribution in [0.5, 0.6) is 40.2 Å². The van der Waals surface area contributed by atoms with Crippen LogP contribution in [-0.2, 0) is 78.3 Å². The lowest BCUT2D eigenvalue weighted by Crippen LogP contribution is -2.46. The van der Waals surface area contributed by atoms with Gasteiger partial charge in [-0.3, -0.25) is 43.2 Å². The fourth-order valence-corrected chi connectivity index (χ4v) is 15.0. The number of halogens is 2. The Labute approximate surface area is 843 Å². The van der Waals surface area contributed by atoms with Crippen LogP contribution in [0, 0.1) is 30.1 Å². The van der Waals surface area contributed by atoms with E-state index in [-0.39, 0.29) is 147 Å². The molecule has 0 fully saturated rings. The molecular formula is C105H142Br2N10O24. The van der Waals surface area contributed by atoms with Gasteiger partial charge in [-0.2, -0.15) is 5.26 Å². The number of benzene rings is 7. The highest BCUT2D eigenvalue weighted by Crippen LogP contribution is 2.42. The summed E-state index contributed by atoms with van der Waals surface area (Å²) in [5, 5.41) is 40.4. The van der Waals surface area contributed by atoms with Crippen LogP contribution in [0.2, 0.25) is 0 Å². The number of rotatable bonds is 51. The minimum atomic E-state index is -1.27. The van der Waals surface area contributed by atoms with E-state index in [1.54, 1.807) is 111 Å². The van der Waals surface area contributed by atoms with Gasteiger partial charge >= 0.3 is 23.9 Å². The molecule has 0 spiro atoms. The zero-order valence-corrected chi connectivity index (χ0v) is 85.7. The number of Topliss-reactive ketones (excluding diaryl/α,β-unsaturated/α-hetero) is 3. The quantitative estimate of drug-likeness (QED) is 0.00554. The van der Waals surface area contributed by atoms with E-state index in [2.05, 4.69) is 73.2 Å². The van der Waals surface area contributed by atoms with Gasteiger partial charge in [-0.1, -0.05) is 192 Å². The van der Waals surface area contributed by atoms with E-state index in [4.69, 9.17) is 67.9 Å². The van der Waals surface area contributed by atoms with Crippen LogP contribution >= 0.6 is 31.9 Å². The molecule has 1 aliphatic rings. The second kappa shape index (κ2) is 69.1. The molecule has 0 radical (unpaired) electrons. The number of aromatic hydroxyl groups is 2. The Morgan fingerprint density at radius 2 is 0.929 bits per heavy atom. The maximum Gasteiger partial charge on any atom is 0.341 e. The minimum absolute atomic E-state index is 0.00957. The number of ketones is 3. The Bertz CT molecular complexity index is 5240. The van der Waals surface area contributed by atoms with Crippen molar-refractivity contribution in [2.75, 3.05) is 86.4 Å². The largest absolute Gasteiger partial charge is 0.507 e. The molecule has 0 saturated carbocycles. The first-order valence-electron chi connectivity index (χ1n) is 47.3. The van der Waals surface area contributed by atoms with Gasteiger partial charge in [0.05, 0.1) is 44.3 Å². The third kappa shape index (κ3) is 46.0. The Morgan fingerprint density at radius 1 is 0.504 bits per heavy atom. The molecule has 6 amide bonds. The van der Waals surface area contributed by atoms with Crippen LogP contribution in [0.1, 0.15) is 267 Å². The van der Waals surface area contributed by atoms with Gasteiger partial charge in [-0.15, -0.1) is 0 Å². The van der Waals surface area contributed by atoms with Crippen molar-refractivity contribution >= 4 is 109 Å². The molecule has 0 saturated heterocycles. The number of unbranched alkanes of at least 4 members (excludes halogenated alkanes) is 15. The van der Waals surface area contributed by atoms with E-state index < -0.39 is 95.5 Å². The standard InChI is InChI=1S/C44H55N7O9.C18H27NO4.C17H25NO4.C16H24O3.C8H7BrO3.C2H4BrNO/c1-26-6-9-31(40(19-26)60-25-41(49)55)36(53)24-30(12-14-46)44(57)51(3)42-29-8-11-39(59-18-16-48)33(23-29)32-21-28(7-10-38(32)58-17-15-47)22-34(35(52)5-4-13-45)50-43(56)27(2)20-37(42)54;1-3-4-5-6-7-8-9-14-10-11-15(18(21)22-2)16(12-14)23-13-17(19)20;1-2-3-4-5-6-7-8-13-9-10-14(17(20)21)15(11-13)22-12-16(18)19;1-3-4-5-6-7-8-9-13-10-11-14(15(17)12-13)16(18)19-2;1-12-8(11)6-3-2-5(9)4-7(6)10;3-1-2(4)5/h6-11,19,21,23,27,30,34,42H,4-5,12,14-18,20,22,24-25,46-48H2,1-3H3,(H2,49,55)(H,50,56);10-12H,3-9,13H2,1-2H3,(H2,19,20);9-11H,2-8,12H2,1H3,(H2,18,19)(H,20,21);10-12,17H,3-9H2,1-2H3;2-4,10H,1H3;1H2,(H2,4,5)/t27-,30-,34+,42+;;;;;/m1...../s1. The molecule has 8 rings (SSSR count).